The molecule has 1 unspecified atom stereocenters. The maximum Gasteiger partial charge on any atom is 0.115 e. The molecular formula is C12H14N2O. The normalized spacial score (nSPS) is 19.9. The van der Waals surface area contributed by atoms with Crippen LogP contribution in [0.15, 0.2) is 36.4 Å². The van der Waals surface area contributed by atoms with E-state index in [1.54, 1.807) is 19.5 Å². The first-order valence-corrected chi connectivity index (χ1v) is 5.01. The second-order valence-electron chi connectivity index (χ2n) is 3.54. The summed E-state index contributed by atoms with van der Waals surface area (Å²) in [7, 11) is 1.68. The van der Waals surface area contributed by atoms with Gasteiger partial charge in [-0.3, -0.25) is 9.97 Å². The van der Waals surface area contributed by atoms with Crippen molar-refractivity contribution in [3.63, 3.8) is 0 Å². The third kappa shape index (κ3) is 2.06. The minimum absolute atomic E-state index is 0.290. The van der Waals surface area contributed by atoms with Crippen LogP contribution in [0.2, 0.25) is 0 Å². The van der Waals surface area contributed by atoms with Gasteiger partial charge in [0.1, 0.15) is 5.76 Å². The zero-order chi connectivity index (χ0) is 10.7. The number of nitrogens with zero attached hydrogens (tertiary/aromatic N) is 2. The number of allylic oxidation sites excluding steroid dienone is 3. The topological polar surface area (TPSA) is 35.0 Å². The van der Waals surface area contributed by atoms with Crippen LogP contribution in [-0.2, 0) is 4.74 Å². The molecule has 1 aromatic rings. The van der Waals surface area contributed by atoms with Crippen LogP contribution in [0, 0.1) is 6.92 Å². The fourth-order valence-corrected chi connectivity index (χ4v) is 1.76. The SMILES string of the molecule is COC1=CC(c2nccnc2C)CC=C1. The van der Waals surface area contributed by atoms with E-state index in [0.29, 0.717) is 5.92 Å². The first-order valence-electron chi connectivity index (χ1n) is 5.01. The second kappa shape index (κ2) is 4.26. The van der Waals surface area contributed by atoms with Gasteiger partial charge in [-0.05, 0) is 25.5 Å². The third-order valence-corrected chi connectivity index (χ3v) is 2.54. The minimum Gasteiger partial charge on any atom is -0.497 e. The quantitative estimate of drug-likeness (QED) is 0.738. The molecule has 0 bridgehead atoms. The number of methoxy groups -OCH3 is 1. The lowest BCUT2D eigenvalue weighted by Gasteiger charge is -2.16. The van der Waals surface area contributed by atoms with E-state index in [1.165, 1.54) is 0 Å². The van der Waals surface area contributed by atoms with Gasteiger partial charge in [0.05, 0.1) is 18.5 Å². The van der Waals surface area contributed by atoms with Crippen LogP contribution in [0.1, 0.15) is 23.7 Å². The lowest BCUT2D eigenvalue weighted by atomic mass is 9.95. The summed E-state index contributed by atoms with van der Waals surface area (Å²) < 4.78 is 5.21. The molecule has 0 saturated carbocycles. The summed E-state index contributed by atoms with van der Waals surface area (Å²) in [6.07, 6.45) is 10.6. The molecule has 3 nitrogen and oxygen atoms in total. The van der Waals surface area contributed by atoms with Crippen molar-refractivity contribution in [2.45, 2.75) is 19.3 Å². The van der Waals surface area contributed by atoms with E-state index >= 15 is 0 Å². The van der Waals surface area contributed by atoms with E-state index in [-0.39, 0.29) is 0 Å². The van der Waals surface area contributed by atoms with Crippen molar-refractivity contribution in [2.24, 2.45) is 0 Å². The van der Waals surface area contributed by atoms with Crippen LogP contribution in [0.3, 0.4) is 0 Å². The monoisotopic (exact) mass is 202 g/mol. The Morgan fingerprint density at radius 3 is 2.87 bits per heavy atom. The molecule has 0 saturated heterocycles. The first-order chi connectivity index (χ1) is 7.31. The summed E-state index contributed by atoms with van der Waals surface area (Å²) >= 11 is 0. The summed E-state index contributed by atoms with van der Waals surface area (Å²) in [5.74, 6) is 1.19. The van der Waals surface area contributed by atoms with E-state index in [9.17, 15) is 0 Å². The van der Waals surface area contributed by atoms with E-state index in [0.717, 1.165) is 23.6 Å². The highest BCUT2D eigenvalue weighted by atomic mass is 16.5. The van der Waals surface area contributed by atoms with Gasteiger partial charge in [-0.1, -0.05) is 6.08 Å². The standard InChI is InChI=1S/C12H14N2O/c1-9-12(14-7-6-13-9)10-4-3-5-11(8-10)15-2/h3,5-8,10H,4H2,1-2H3. The number of aromatic nitrogens is 2. The molecule has 15 heavy (non-hydrogen) atoms. The maximum atomic E-state index is 5.21. The average Bonchev–Trinajstić information content (AvgIpc) is 2.30. The van der Waals surface area contributed by atoms with Crippen LogP contribution in [0.25, 0.3) is 0 Å². The van der Waals surface area contributed by atoms with Crippen molar-refractivity contribution in [3.8, 4) is 0 Å². The van der Waals surface area contributed by atoms with Gasteiger partial charge in [0.2, 0.25) is 0 Å². The smallest absolute Gasteiger partial charge is 0.115 e. The molecule has 3 heteroatoms. The van der Waals surface area contributed by atoms with Crippen molar-refractivity contribution in [3.05, 3.63) is 47.8 Å². The van der Waals surface area contributed by atoms with Crippen molar-refractivity contribution in [2.75, 3.05) is 7.11 Å². The zero-order valence-electron chi connectivity index (χ0n) is 8.97. The lowest BCUT2D eigenvalue weighted by Crippen LogP contribution is -2.05. The molecule has 0 aromatic carbocycles. The fourth-order valence-electron chi connectivity index (χ4n) is 1.76. The number of hydrogen-bond acceptors (Lipinski definition) is 3. The zero-order valence-corrected chi connectivity index (χ0v) is 8.97. The molecule has 78 valence electrons. The van der Waals surface area contributed by atoms with Crippen LogP contribution in [-0.4, -0.2) is 17.1 Å². The van der Waals surface area contributed by atoms with Crippen LogP contribution in [0.5, 0.6) is 0 Å². The molecule has 1 aromatic heterocycles. The molecule has 2 rings (SSSR count). The Bertz CT molecular complexity index is 410. The number of rotatable bonds is 2. The molecule has 0 amide bonds. The van der Waals surface area contributed by atoms with Gasteiger partial charge in [0.15, 0.2) is 0 Å². The summed E-state index contributed by atoms with van der Waals surface area (Å²) in [5, 5.41) is 0. The number of aryl methyl sites for hydroxylation is 1. The summed E-state index contributed by atoms with van der Waals surface area (Å²) in [4.78, 5) is 8.62. The molecule has 0 radical (unpaired) electrons. The van der Waals surface area contributed by atoms with E-state index in [4.69, 9.17) is 4.74 Å². The highest BCUT2D eigenvalue weighted by molar-refractivity contribution is 5.28. The highest BCUT2D eigenvalue weighted by Crippen LogP contribution is 2.26. The minimum atomic E-state index is 0.290. The van der Waals surface area contributed by atoms with Gasteiger partial charge in [-0.2, -0.15) is 0 Å². The first kappa shape index (κ1) is 9.90. The van der Waals surface area contributed by atoms with Crippen molar-refractivity contribution in [1.82, 2.24) is 9.97 Å². The van der Waals surface area contributed by atoms with E-state index in [2.05, 4.69) is 22.1 Å². The van der Waals surface area contributed by atoms with Crippen molar-refractivity contribution < 1.29 is 4.74 Å². The van der Waals surface area contributed by atoms with Gasteiger partial charge in [-0.15, -0.1) is 0 Å². The number of ether oxygens (including phenoxy) is 1. The Balaban J connectivity index is 2.30. The second-order valence-corrected chi connectivity index (χ2v) is 3.54. The van der Waals surface area contributed by atoms with Gasteiger partial charge < -0.3 is 4.74 Å². The summed E-state index contributed by atoms with van der Waals surface area (Å²) in [6, 6.07) is 0. The van der Waals surface area contributed by atoms with Gasteiger partial charge >= 0.3 is 0 Å². The Labute approximate surface area is 89.5 Å². The Morgan fingerprint density at radius 2 is 2.13 bits per heavy atom. The van der Waals surface area contributed by atoms with Crippen LogP contribution >= 0.6 is 0 Å². The maximum absolute atomic E-state index is 5.21. The molecule has 0 fully saturated rings. The predicted octanol–water partition coefficient (Wildman–Crippen LogP) is 2.36. The molecule has 0 aliphatic heterocycles. The molecule has 1 aliphatic carbocycles. The van der Waals surface area contributed by atoms with E-state index < -0.39 is 0 Å². The molecule has 1 aliphatic rings. The van der Waals surface area contributed by atoms with Gasteiger partial charge in [-0.25, -0.2) is 0 Å². The van der Waals surface area contributed by atoms with Crippen molar-refractivity contribution in [1.29, 1.82) is 0 Å². The molecule has 0 N–H and O–H groups in total. The Morgan fingerprint density at radius 1 is 1.33 bits per heavy atom. The molecule has 1 atom stereocenters. The predicted molar refractivity (Wildman–Crippen MR) is 58.4 cm³/mol. The summed E-state index contributed by atoms with van der Waals surface area (Å²) in [6.45, 7) is 1.99. The Kier molecular flexibility index (Phi) is 2.81. The fraction of sp³-hybridized carbons (Fsp3) is 0.333. The van der Waals surface area contributed by atoms with E-state index in [1.807, 2.05) is 13.0 Å². The molecule has 1 heterocycles. The van der Waals surface area contributed by atoms with Crippen LogP contribution in [0.4, 0.5) is 0 Å². The van der Waals surface area contributed by atoms with Gasteiger partial charge in [0.25, 0.3) is 0 Å². The summed E-state index contributed by atoms with van der Waals surface area (Å²) in [5.41, 5.74) is 2.03. The lowest BCUT2D eigenvalue weighted by molar-refractivity contribution is 0.302. The largest absolute Gasteiger partial charge is 0.497 e. The van der Waals surface area contributed by atoms with Crippen molar-refractivity contribution >= 4 is 0 Å². The molecule has 0 spiro atoms. The van der Waals surface area contributed by atoms with Gasteiger partial charge in [0, 0.05) is 18.3 Å². The Hall–Kier alpha value is -1.64. The average molecular weight is 202 g/mol. The third-order valence-electron chi connectivity index (χ3n) is 2.54. The van der Waals surface area contributed by atoms with Crippen LogP contribution < -0.4 is 0 Å². The number of hydrogen-bond donors (Lipinski definition) is 0. The highest BCUT2D eigenvalue weighted by Gasteiger charge is 2.15. The molecular weight excluding hydrogens is 188 g/mol.